The number of benzene rings is 2. The summed E-state index contributed by atoms with van der Waals surface area (Å²) in [5.74, 6) is 3.22. The van der Waals surface area contributed by atoms with Gasteiger partial charge >= 0.3 is 0 Å². The maximum absolute atomic E-state index is 6.09. The number of aliphatic imine (C=N–C) groups is 1. The Morgan fingerprint density at radius 1 is 1.18 bits per heavy atom. The fourth-order valence-electron chi connectivity index (χ4n) is 3.75. The van der Waals surface area contributed by atoms with E-state index in [-0.39, 0.29) is 0 Å². The van der Waals surface area contributed by atoms with E-state index in [1.165, 1.54) is 0 Å². The highest BCUT2D eigenvalue weighted by Crippen LogP contribution is 2.35. The van der Waals surface area contributed by atoms with E-state index in [9.17, 15) is 0 Å². The Balaban J connectivity index is 1.41. The molecule has 6 nitrogen and oxygen atoms in total. The number of imidazole rings is 1. The van der Waals surface area contributed by atoms with E-state index >= 15 is 0 Å². The summed E-state index contributed by atoms with van der Waals surface area (Å²) in [6.07, 6.45) is 1.89. The minimum absolute atomic E-state index is 0.352. The first-order valence-electron chi connectivity index (χ1n) is 9.27. The molecular weight excluding hydrogens is 374 g/mol. The van der Waals surface area contributed by atoms with Crippen LogP contribution in [0.1, 0.15) is 17.3 Å². The zero-order chi connectivity index (χ0) is 19.1. The van der Waals surface area contributed by atoms with Crippen molar-refractivity contribution in [1.82, 2.24) is 20.2 Å². The lowest BCUT2D eigenvalue weighted by Crippen LogP contribution is -2.49. The molecule has 0 aliphatic carbocycles. The number of aromatic amines is 1. The van der Waals surface area contributed by atoms with Gasteiger partial charge in [-0.1, -0.05) is 23.7 Å². The summed E-state index contributed by atoms with van der Waals surface area (Å²) in [6, 6.07) is 13.7. The Morgan fingerprint density at radius 2 is 2.04 bits per heavy atom. The van der Waals surface area contributed by atoms with Crippen LogP contribution in [0.2, 0.25) is 5.02 Å². The molecule has 0 unspecified atom stereocenters. The fourth-order valence-corrected chi connectivity index (χ4v) is 3.92. The molecule has 2 aromatic carbocycles. The Labute approximate surface area is 167 Å². The van der Waals surface area contributed by atoms with E-state index < -0.39 is 0 Å². The average Bonchev–Trinajstić information content (AvgIpc) is 3.09. The first kappa shape index (κ1) is 17.1. The lowest BCUT2D eigenvalue weighted by atomic mass is 9.98. The highest BCUT2D eigenvalue weighted by molar-refractivity contribution is 6.31. The van der Waals surface area contributed by atoms with Crippen molar-refractivity contribution in [2.24, 2.45) is 4.99 Å². The molecule has 0 saturated carbocycles. The number of nitrogens with one attached hydrogen (secondary N) is 2. The molecule has 3 heterocycles. The number of fused-ring (bicyclic) bond motifs is 1. The van der Waals surface area contributed by atoms with Gasteiger partial charge in [0, 0.05) is 29.9 Å². The first-order valence-corrected chi connectivity index (χ1v) is 9.65. The van der Waals surface area contributed by atoms with Gasteiger partial charge in [-0.05, 0) is 30.3 Å². The van der Waals surface area contributed by atoms with Crippen LogP contribution < -0.4 is 10.1 Å². The molecule has 2 N–H and O–H groups in total. The smallest absolute Gasteiger partial charge is 0.129 e. The average molecular weight is 394 g/mol. The third-order valence-electron chi connectivity index (χ3n) is 5.21. The van der Waals surface area contributed by atoms with Gasteiger partial charge in [-0.2, -0.15) is 0 Å². The van der Waals surface area contributed by atoms with Crippen molar-refractivity contribution in [3.05, 3.63) is 64.7 Å². The van der Waals surface area contributed by atoms with Crippen molar-refractivity contribution in [3.8, 4) is 5.75 Å². The molecular formula is C21H20ClN5O. The van der Waals surface area contributed by atoms with E-state index in [2.05, 4.69) is 20.2 Å². The van der Waals surface area contributed by atoms with E-state index in [4.69, 9.17) is 21.3 Å². The standard InChI is InChI=1S/C21H20ClN5O/c1-28-18-5-3-2-4-15(18)19-21(24-9-8-23-19)27-11-13(12-27)20-25-16-7-6-14(22)10-17(16)26-20/h2-8,10,13,24H,9,11-12H2,1H3,(H,25,26). The Hall–Kier alpha value is -2.99. The van der Waals surface area contributed by atoms with E-state index in [0.717, 1.165) is 59.3 Å². The van der Waals surface area contributed by atoms with Crippen LogP contribution in [0.4, 0.5) is 0 Å². The van der Waals surface area contributed by atoms with Gasteiger partial charge in [-0.25, -0.2) is 4.98 Å². The molecule has 142 valence electrons. The molecule has 1 aromatic heterocycles. The topological polar surface area (TPSA) is 65.5 Å². The minimum Gasteiger partial charge on any atom is -0.496 e. The second kappa shape index (κ2) is 6.87. The number of halogens is 1. The molecule has 5 rings (SSSR count). The van der Waals surface area contributed by atoms with Crippen LogP contribution in [0.5, 0.6) is 5.75 Å². The lowest BCUT2D eigenvalue weighted by Gasteiger charge is -2.42. The van der Waals surface area contributed by atoms with Crippen LogP contribution in [0, 0.1) is 0 Å². The van der Waals surface area contributed by atoms with Crippen LogP contribution in [0.25, 0.3) is 16.7 Å². The van der Waals surface area contributed by atoms with E-state index in [1.807, 2.05) is 48.7 Å². The van der Waals surface area contributed by atoms with Crippen molar-refractivity contribution in [3.63, 3.8) is 0 Å². The van der Waals surface area contributed by atoms with Crippen LogP contribution in [0.3, 0.4) is 0 Å². The van der Waals surface area contributed by atoms with Crippen LogP contribution in [-0.2, 0) is 0 Å². The number of hydrogen-bond donors (Lipinski definition) is 2. The summed E-state index contributed by atoms with van der Waals surface area (Å²) in [7, 11) is 1.69. The Morgan fingerprint density at radius 3 is 2.89 bits per heavy atom. The summed E-state index contributed by atoms with van der Waals surface area (Å²) in [5, 5.41) is 4.20. The second-order valence-electron chi connectivity index (χ2n) is 6.98. The van der Waals surface area contributed by atoms with Gasteiger partial charge in [0.2, 0.25) is 0 Å². The first-order chi connectivity index (χ1) is 13.7. The molecule has 2 aliphatic heterocycles. The van der Waals surface area contributed by atoms with Crippen LogP contribution in [-0.4, -0.2) is 47.8 Å². The number of aromatic nitrogens is 2. The van der Waals surface area contributed by atoms with Crippen molar-refractivity contribution in [2.75, 3.05) is 26.7 Å². The molecule has 0 spiro atoms. The number of methoxy groups -OCH3 is 1. The molecule has 1 saturated heterocycles. The number of ether oxygens (including phenoxy) is 1. The molecule has 0 amide bonds. The lowest BCUT2D eigenvalue weighted by molar-refractivity contribution is 0.182. The van der Waals surface area contributed by atoms with Crippen LogP contribution >= 0.6 is 11.6 Å². The SMILES string of the molecule is COc1ccccc1C1=C(N2CC(c3nc4ccc(Cl)cc4[nH]3)C2)NCC=N1. The molecule has 28 heavy (non-hydrogen) atoms. The number of rotatable bonds is 4. The number of hydrogen-bond acceptors (Lipinski definition) is 5. The summed E-state index contributed by atoms with van der Waals surface area (Å²) in [5.41, 5.74) is 3.84. The van der Waals surface area contributed by atoms with Crippen molar-refractivity contribution in [2.45, 2.75) is 5.92 Å². The van der Waals surface area contributed by atoms with Gasteiger partial charge in [0.25, 0.3) is 0 Å². The number of H-pyrrole nitrogens is 1. The van der Waals surface area contributed by atoms with Crippen molar-refractivity contribution < 1.29 is 4.74 Å². The molecule has 7 heteroatoms. The highest BCUT2D eigenvalue weighted by Gasteiger charge is 2.34. The maximum atomic E-state index is 6.09. The normalized spacial score (nSPS) is 17.0. The van der Waals surface area contributed by atoms with E-state index in [0.29, 0.717) is 10.9 Å². The number of likely N-dealkylation sites (tertiary alicyclic amines) is 1. The predicted octanol–water partition coefficient (Wildman–Crippen LogP) is 3.62. The van der Waals surface area contributed by atoms with Gasteiger partial charge in [0.1, 0.15) is 23.1 Å². The largest absolute Gasteiger partial charge is 0.496 e. The predicted molar refractivity (Wildman–Crippen MR) is 112 cm³/mol. The Bertz CT molecular complexity index is 1100. The van der Waals surface area contributed by atoms with Gasteiger partial charge in [0.15, 0.2) is 0 Å². The molecule has 0 bridgehead atoms. The third kappa shape index (κ3) is 2.90. The summed E-state index contributed by atoms with van der Waals surface area (Å²) in [4.78, 5) is 15.1. The third-order valence-corrected chi connectivity index (χ3v) is 5.45. The molecule has 2 aliphatic rings. The molecule has 0 atom stereocenters. The maximum Gasteiger partial charge on any atom is 0.129 e. The highest BCUT2D eigenvalue weighted by atomic mass is 35.5. The minimum atomic E-state index is 0.352. The Kier molecular flexibility index (Phi) is 4.20. The van der Waals surface area contributed by atoms with Gasteiger partial charge in [0.05, 0.1) is 30.6 Å². The van der Waals surface area contributed by atoms with Crippen LogP contribution in [0.15, 0.2) is 53.3 Å². The molecule has 0 radical (unpaired) electrons. The van der Waals surface area contributed by atoms with Crippen molar-refractivity contribution >= 4 is 34.5 Å². The van der Waals surface area contributed by atoms with Gasteiger partial charge in [-0.15, -0.1) is 0 Å². The van der Waals surface area contributed by atoms with Crippen molar-refractivity contribution in [1.29, 1.82) is 0 Å². The zero-order valence-corrected chi connectivity index (χ0v) is 16.2. The molecule has 1 fully saturated rings. The van der Waals surface area contributed by atoms with Gasteiger partial charge < -0.3 is 19.9 Å². The summed E-state index contributed by atoms with van der Waals surface area (Å²) < 4.78 is 5.53. The summed E-state index contributed by atoms with van der Waals surface area (Å²) in [6.45, 7) is 2.48. The zero-order valence-electron chi connectivity index (χ0n) is 15.4. The number of nitrogens with zero attached hydrogens (tertiary/aromatic N) is 3. The fraction of sp³-hybridized carbons (Fsp3) is 0.238. The van der Waals surface area contributed by atoms with E-state index in [1.54, 1.807) is 7.11 Å². The number of para-hydroxylation sites is 1. The molecule has 3 aromatic rings. The second-order valence-corrected chi connectivity index (χ2v) is 7.41. The monoisotopic (exact) mass is 393 g/mol. The summed E-state index contributed by atoms with van der Waals surface area (Å²) >= 11 is 6.09. The van der Waals surface area contributed by atoms with Gasteiger partial charge in [-0.3, -0.25) is 4.99 Å². The quantitative estimate of drug-likeness (QED) is 0.710.